The molecular formula is C16H26N2. The normalized spacial score (nSPS) is 19.1. The molecule has 1 fully saturated rings. The van der Waals surface area contributed by atoms with Crippen molar-refractivity contribution in [1.29, 1.82) is 0 Å². The van der Waals surface area contributed by atoms with E-state index in [9.17, 15) is 0 Å². The lowest BCUT2D eigenvalue weighted by molar-refractivity contribution is 0.265. The summed E-state index contributed by atoms with van der Waals surface area (Å²) in [5.41, 5.74) is 1.41. The Bertz CT molecular complexity index is 328. The van der Waals surface area contributed by atoms with Crippen LogP contribution in [-0.2, 0) is 0 Å². The number of likely N-dealkylation sites (N-methyl/N-ethyl adjacent to an activating group) is 1. The Balaban J connectivity index is 1.90. The predicted molar refractivity (Wildman–Crippen MR) is 77.7 cm³/mol. The second-order valence-electron chi connectivity index (χ2n) is 5.63. The molecule has 1 saturated carbocycles. The van der Waals surface area contributed by atoms with Gasteiger partial charge in [0.25, 0.3) is 0 Å². The van der Waals surface area contributed by atoms with Crippen LogP contribution in [0.25, 0.3) is 0 Å². The lowest BCUT2D eigenvalue weighted by atomic mass is 9.95. The quantitative estimate of drug-likeness (QED) is 0.858. The van der Waals surface area contributed by atoms with Crippen LogP contribution in [-0.4, -0.2) is 31.6 Å². The van der Waals surface area contributed by atoms with Gasteiger partial charge in [0.2, 0.25) is 0 Å². The molecule has 1 aromatic carbocycles. The van der Waals surface area contributed by atoms with E-state index in [1.807, 2.05) is 0 Å². The Morgan fingerprint density at radius 2 is 1.78 bits per heavy atom. The van der Waals surface area contributed by atoms with Crippen LogP contribution < -0.4 is 5.32 Å². The molecule has 0 heterocycles. The molecule has 18 heavy (non-hydrogen) atoms. The van der Waals surface area contributed by atoms with Gasteiger partial charge in [0.1, 0.15) is 0 Å². The third-order valence-electron chi connectivity index (χ3n) is 4.01. The first-order chi connectivity index (χ1) is 8.77. The fourth-order valence-corrected chi connectivity index (χ4v) is 2.86. The molecule has 1 aromatic rings. The first kappa shape index (κ1) is 13.6. The molecule has 0 amide bonds. The third kappa shape index (κ3) is 3.82. The maximum absolute atomic E-state index is 3.76. The van der Waals surface area contributed by atoms with E-state index in [0.29, 0.717) is 6.04 Å². The van der Waals surface area contributed by atoms with Crippen LogP contribution in [0.4, 0.5) is 0 Å². The molecule has 1 unspecified atom stereocenters. The van der Waals surface area contributed by atoms with Crippen molar-refractivity contribution < 1.29 is 0 Å². The van der Waals surface area contributed by atoms with E-state index in [2.05, 4.69) is 54.6 Å². The largest absolute Gasteiger partial charge is 0.312 e. The summed E-state index contributed by atoms with van der Waals surface area (Å²) in [7, 11) is 4.33. The van der Waals surface area contributed by atoms with Gasteiger partial charge in [-0.2, -0.15) is 0 Å². The Labute approximate surface area is 111 Å². The number of nitrogens with one attached hydrogen (secondary N) is 1. The maximum atomic E-state index is 3.76. The van der Waals surface area contributed by atoms with Crippen molar-refractivity contribution in [2.75, 3.05) is 20.6 Å². The van der Waals surface area contributed by atoms with Gasteiger partial charge in [-0.1, -0.05) is 49.6 Å². The van der Waals surface area contributed by atoms with Gasteiger partial charge in [0.05, 0.1) is 0 Å². The molecule has 1 N–H and O–H groups in total. The zero-order valence-electron chi connectivity index (χ0n) is 11.7. The zero-order valence-corrected chi connectivity index (χ0v) is 11.7. The molecule has 100 valence electrons. The molecule has 0 saturated heterocycles. The minimum absolute atomic E-state index is 0.480. The van der Waals surface area contributed by atoms with Crippen molar-refractivity contribution in [2.45, 2.75) is 44.2 Å². The van der Waals surface area contributed by atoms with Crippen LogP contribution in [0.1, 0.15) is 43.7 Å². The van der Waals surface area contributed by atoms with Gasteiger partial charge in [-0.05, 0) is 32.5 Å². The molecule has 2 nitrogen and oxygen atoms in total. The van der Waals surface area contributed by atoms with E-state index in [-0.39, 0.29) is 0 Å². The standard InChI is InChI=1S/C16H26N2/c1-18(2)16(14-9-5-3-6-10-14)13-17-15-11-7-4-8-12-15/h3,5-6,9-10,15-17H,4,7-8,11-13H2,1-2H3. The molecule has 0 aliphatic heterocycles. The van der Waals surface area contributed by atoms with E-state index in [0.717, 1.165) is 12.6 Å². The van der Waals surface area contributed by atoms with Crippen molar-refractivity contribution in [2.24, 2.45) is 0 Å². The van der Waals surface area contributed by atoms with Crippen molar-refractivity contribution in [3.8, 4) is 0 Å². The fraction of sp³-hybridized carbons (Fsp3) is 0.625. The van der Waals surface area contributed by atoms with Crippen LogP contribution in [0.15, 0.2) is 30.3 Å². The summed E-state index contributed by atoms with van der Waals surface area (Å²) >= 11 is 0. The number of nitrogens with zero attached hydrogens (tertiary/aromatic N) is 1. The van der Waals surface area contributed by atoms with Gasteiger partial charge in [-0.25, -0.2) is 0 Å². The average molecular weight is 246 g/mol. The average Bonchev–Trinajstić information content (AvgIpc) is 2.41. The predicted octanol–water partition coefficient (Wildman–Crippen LogP) is 3.21. The number of benzene rings is 1. The Hall–Kier alpha value is -0.860. The molecule has 0 bridgehead atoms. The van der Waals surface area contributed by atoms with E-state index < -0.39 is 0 Å². The Kier molecular flexibility index (Phi) is 5.21. The molecule has 1 aliphatic carbocycles. The highest BCUT2D eigenvalue weighted by molar-refractivity contribution is 5.19. The van der Waals surface area contributed by atoms with Crippen LogP contribution >= 0.6 is 0 Å². The molecule has 1 atom stereocenters. The first-order valence-electron chi connectivity index (χ1n) is 7.22. The van der Waals surface area contributed by atoms with Crippen LogP contribution in [0, 0.1) is 0 Å². The highest BCUT2D eigenvalue weighted by Crippen LogP contribution is 2.20. The highest BCUT2D eigenvalue weighted by Gasteiger charge is 2.17. The van der Waals surface area contributed by atoms with Crippen molar-refractivity contribution in [3.63, 3.8) is 0 Å². The van der Waals surface area contributed by atoms with Crippen LogP contribution in [0.3, 0.4) is 0 Å². The number of hydrogen-bond donors (Lipinski definition) is 1. The van der Waals surface area contributed by atoms with Gasteiger partial charge in [-0.15, -0.1) is 0 Å². The van der Waals surface area contributed by atoms with Gasteiger partial charge in [-0.3, -0.25) is 0 Å². The van der Waals surface area contributed by atoms with Crippen LogP contribution in [0.2, 0.25) is 0 Å². The topological polar surface area (TPSA) is 15.3 Å². The second kappa shape index (κ2) is 6.91. The Morgan fingerprint density at radius 3 is 2.39 bits per heavy atom. The van der Waals surface area contributed by atoms with E-state index in [1.54, 1.807) is 0 Å². The van der Waals surface area contributed by atoms with Gasteiger partial charge < -0.3 is 10.2 Å². The summed E-state index contributed by atoms with van der Waals surface area (Å²) < 4.78 is 0. The maximum Gasteiger partial charge on any atom is 0.0466 e. The van der Waals surface area contributed by atoms with Crippen molar-refractivity contribution >= 4 is 0 Å². The first-order valence-corrected chi connectivity index (χ1v) is 7.22. The fourth-order valence-electron chi connectivity index (χ4n) is 2.86. The molecule has 1 aliphatic rings. The second-order valence-corrected chi connectivity index (χ2v) is 5.63. The SMILES string of the molecule is CN(C)C(CNC1CCCCC1)c1ccccc1. The zero-order chi connectivity index (χ0) is 12.8. The summed E-state index contributed by atoms with van der Waals surface area (Å²) in [6.45, 7) is 1.06. The van der Waals surface area contributed by atoms with E-state index in [4.69, 9.17) is 0 Å². The van der Waals surface area contributed by atoms with Gasteiger partial charge in [0.15, 0.2) is 0 Å². The third-order valence-corrected chi connectivity index (χ3v) is 4.01. The summed E-state index contributed by atoms with van der Waals surface area (Å²) in [5, 5.41) is 3.76. The molecule has 0 spiro atoms. The lowest BCUT2D eigenvalue weighted by Crippen LogP contribution is -2.38. The minimum atomic E-state index is 0.480. The minimum Gasteiger partial charge on any atom is -0.312 e. The molecule has 0 aromatic heterocycles. The van der Waals surface area contributed by atoms with Crippen molar-refractivity contribution in [3.05, 3.63) is 35.9 Å². The summed E-state index contributed by atoms with van der Waals surface area (Å²) in [6, 6.07) is 12.0. The number of hydrogen-bond acceptors (Lipinski definition) is 2. The van der Waals surface area contributed by atoms with Crippen molar-refractivity contribution in [1.82, 2.24) is 10.2 Å². The summed E-state index contributed by atoms with van der Waals surface area (Å²) in [4.78, 5) is 2.31. The van der Waals surface area contributed by atoms with E-state index in [1.165, 1.54) is 37.7 Å². The molecule has 2 rings (SSSR count). The lowest BCUT2D eigenvalue weighted by Gasteiger charge is -2.29. The van der Waals surface area contributed by atoms with Gasteiger partial charge >= 0.3 is 0 Å². The summed E-state index contributed by atoms with van der Waals surface area (Å²) in [5.74, 6) is 0. The van der Waals surface area contributed by atoms with E-state index >= 15 is 0 Å². The number of rotatable bonds is 5. The molecule has 0 radical (unpaired) electrons. The highest BCUT2D eigenvalue weighted by atomic mass is 15.1. The molecular weight excluding hydrogens is 220 g/mol. The Morgan fingerprint density at radius 1 is 1.11 bits per heavy atom. The smallest absolute Gasteiger partial charge is 0.0466 e. The monoisotopic (exact) mass is 246 g/mol. The summed E-state index contributed by atoms with van der Waals surface area (Å²) in [6.07, 6.45) is 6.93. The van der Waals surface area contributed by atoms with Crippen LogP contribution in [0.5, 0.6) is 0 Å². The van der Waals surface area contributed by atoms with Gasteiger partial charge in [0, 0.05) is 18.6 Å². The molecule has 2 heteroatoms.